The summed E-state index contributed by atoms with van der Waals surface area (Å²) in [7, 11) is 0. The molecule has 0 aromatic carbocycles. The number of aromatic nitrogens is 2. The van der Waals surface area contributed by atoms with Gasteiger partial charge in [0.15, 0.2) is 11.0 Å². The molecule has 0 atom stereocenters. The maximum atomic E-state index is 13.8. The Labute approximate surface area is 143 Å². The van der Waals surface area contributed by atoms with Gasteiger partial charge in [0.1, 0.15) is 11.2 Å². The van der Waals surface area contributed by atoms with E-state index in [1.165, 1.54) is 6.20 Å². The van der Waals surface area contributed by atoms with Gasteiger partial charge in [-0.3, -0.25) is 4.79 Å². The zero-order chi connectivity index (χ0) is 17.3. The highest BCUT2D eigenvalue weighted by Crippen LogP contribution is 2.31. The van der Waals surface area contributed by atoms with Crippen LogP contribution in [-0.4, -0.2) is 22.1 Å². The van der Waals surface area contributed by atoms with Crippen LogP contribution in [-0.2, 0) is 4.74 Å². The molecule has 2 aromatic rings. The number of carbonyl (C=O) groups excluding carboxylic acids is 1. The molecule has 0 radical (unpaired) electrons. The molecule has 0 spiro atoms. The predicted molar refractivity (Wildman–Crippen MR) is 89.0 cm³/mol. The van der Waals surface area contributed by atoms with Crippen LogP contribution in [0.1, 0.15) is 55.4 Å². The first-order valence-corrected chi connectivity index (χ1v) is 8.48. The van der Waals surface area contributed by atoms with Crippen LogP contribution in [0.2, 0.25) is 5.15 Å². The third-order valence-electron chi connectivity index (χ3n) is 4.38. The second-order valence-electron chi connectivity index (χ2n) is 5.92. The van der Waals surface area contributed by atoms with E-state index in [1.807, 2.05) is 0 Å². The second-order valence-corrected chi connectivity index (χ2v) is 6.28. The van der Waals surface area contributed by atoms with E-state index in [0.717, 1.165) is 38.2 Å². The largest absolute Gasteiger partial charge is 0.462 e. The summed E-state index contributed by atoms with van der Waals surface area (Å²) in [6, 6.07) is 1.15. The lowest BCUT2D eigenvalue weighted by Crippen LogP contribution is -2.24. The minimum absolute atomic E-state index is 0.0491. The van der Waals surface area contributed by atoms with Crippen LogP contribution in [0.3, 0.4) is 0 Å². The summed E-state index contributed by atoms with van der Waals surface area (Å²) in [5, 5.41) is -0.233. The second kappa shape index (κ2) is 6.89. The Hall–Kier alpha value is -1.95. The molecular formula is C17H18ClFN2O3. The minimum Gasteiger partial charge on any atom is -0.462 e. The fourth-order valence-electron chi connectivity index (χ4n) is 3.22. The highest BCUT2D eigenvalue weighted by molar-refractivity contribution is 6.29. The van der Waals surface area contributed by atoms with Gasteiger partial charge in [0, 0.05) is 12.2 Å². The highest BCUT2D eigenvalue weighted by atomic mass is 35.5. The lowest BCUT2D eigenvalue weighted by Gasteiger charge is -2.26. The predicted octanol–water partition coefficient (Wildman–Crippen LogP) is 3.87. The standard InChI is InChI=1S/C17H18ClFN2O3/c1-2-24-17(23)12-9-21(10-6-4-3-5-7-10)16-11(14(12)22)8-13(19)15(18)20-16/h8-10H,2-7H2,1H3. The van der Waals surface area contributed by atoms with Crippen LogP contribution in [0.4, 0.5) is 4.39 Å². The summed E-state index contributed by atoms with van der Waals surface area (Å²) >= 11 is 5.81. The van der Waals surface area contributed by atoms with Gasteiger partial charge in [-0.15, -0.1) is 0 Å². The highest BCUT2D eigenvalue weighted by Gasteiger charge is 2.23. The number of carbonyl (C=O) groups is 1. The smallest absolute Gasteiger partial charge is 0.343 e. The molecule has 1 fully saturated rings. The van der Waals surface area contributed by atoms with E-state index in [1.54, 1.807) is 11.5 Å². The monoisotopic (exact) mass is 352 g/mol. The van der Waals surface area contributed by atoms with Crippen molar-refractivity contribution in [3.8, 4) is 0 Å². The Kier molecular flexibility index (Phi) is 4.85. The third kappa shape index (κ3) is 3.02. The third-order valence-corrected chi connectivity index (χ3v) is 4.64. The molecule has 2 heterocycles. The van der Waals surface area contributed by atoms with E-state index in [9.17, 15) is 14.0 Å². The number of hydrogen-bond acceptors (Lipinski definition) is 4. The molecule has 5 nitrogen and oxygen atoms in total. The van der Waals surface area contributed by atoms with Crippen LogP contribution in [0.15, 0.2) is 17.1 Å². The molecule has 0 N–H and O–H groups in total. The first-order valence-electron chi connectivity index (χ1n) is 8.11. The summed E-state index contributed by atoms with van der Waals surface area (Å²) in [5.74, 6) is -1.48. The summed E-state index contributed by atoms with van der Waals surface area (Å²) in [6.45, 7) is 1.83. The molecule has 0 amide bonds. The fourth-order valence-corrected chi connectivity index (χ4v) is 3.35. The summed E-state index contributed by atoms with van der Waals surface area (Å²) in [5.41, 5.74) is -0.372. The van der Waals surface area contributed by atoms with E-state index in [4.69, 9.17) is 16.3 Å². The van der Waals surface area contributed by atoms with Gasteiger partial charge >= 0.3 is 5.97 Å². The van der Waals surface area contributed by atoms with Crippen LogP contribution >= 0.6 is 11.6 Å². The van der Waals surface area contributed by atoms with E-state index >= 15 is 0 Å². The van der Waals surface area contributed by atoms with Gasteiger partial charge in [0.25, 0.3) is 0 Å². The van der Waals surface area contributed by atoms with Crippen molar-refractivity contribution >= 4 is 28.6 Å². The number of fused-ring (bicyclic) bond motifs is 1. The van der Waals surface area contributed by atoms with E-state index in [-0.39, 0.29) is 28.8 Å². The van der Waals surface area contributed by atoms with Gasteiger partial charge in [0.2, 0.25) is 5.43 Å². The molecule has 24 heavy (non-hydrogen) atoms. The Morgan fingerprint density at radius 2 is 2.12 bits per heavy atom. The molecule has 0 saturated heterocycles. The fraction of sp³-hybridized carbons (Fsp3) is 0.471. The molecule has 1 aliphatic rings. The van der Waals surface area contributed by atoms with Crippen molar-refractivity contribution in [2.24, 2.45) is 0 Å². The van der Waals surface area contributed by atoms with E-state index in [0.29, 0.717) is 5.65 Å². The van der Waals surface area contributed by atoms with E-state index < -0.39 is 17.2 Å². The maximum Gasteiger partial charge on any atom is 0.343 e. The van der Waals surface area contributed by atoms with Crippen molar-refractivity contribution in [3.63, 3.8) is 0 Å². The number of rotatable bonds is 3. The Balaban J connectivity index is 2.26. The molecule has 7 heteroatoms. The van der Waals surface area contributed by atoms with Crippen molar-refractivity contribution in [1.82, 2.24) is 9.55 Å². The Morgan fingerprint density at radius 3 is 2.79 bits per heavy atom. The van der Waals surface area contributed by atoms with Gasteiger partial charge in [-0.25, -0.2) is 14.2 Å². The Bertz CT molecular complexity index is 844. The summed E-state index contributed by atoms with van der Waals surface area (Å²) in [6.07, 6.45) is 6.58. The number of hydrogen-bond donors (Lipinski definition) is 0. The lowest BCUT2D eigenvalue weighted by molar-refractivity contribution is 0.0524. The van der Waals surface area contributed by atoms with Gasteiger partial charge in [0.05, 0.1) is 12.0 Å². The van der Waals surface area contributed by atoms with Crippen LogP contribution in [0.25, 0.3) is 11.0 Å². The molecule has 0 bridgehead atoms. The van der Waals surface area contributed by atoms with Crippen molar-refractivity contribution in [2.45, 2.75) is 45.1 Å². The van der Waals surface area contributed by atoms with Gasteiger partial charge in [-0.2, -0.15) is 0 Å². The SMILES string of the molecule is CCOC(=O)c1cn(C2CCCCC2)c2nc(Cl)c(F)cc2c1=O. The number of ether oxygens (including phenoxy) is 1. The first-order chi connectivity index (χ1) is 11.5. The number of halogens is 2. The number of esters is 1. The molecular weight excluding hydrogens is 335 g/mol. The molecule has 0 unspecified atom stereocenters. The van der Waals surface area contributed by atoms with Gasteiger partial charge in [-0.05, 0) is 25.8 Å². The van der Waals surface area contributed by atoms with Crippen molar-refractivity contribution in [3.05, 3.63) is 39.0 Å². The van der Waals surface area contributed by atoms with Crippen molar-refractivity contribution in [2.75, 3.05) is 6.61 Å². The van der Waals surface area contributed by atoms with Crippen molar-refractivity contribution in [1.29, 1.82) is 0 Å². The summed E-state index contributed by atoms with van der Waals surface area (Å²) < 4.78 is 20.6. The van der Waals surface area contributed by atoms with Crippen molar-refractivity contribution < 1.29 is 13.9 Å². The molecule has 2 aromatic heterocycles. The quantitative estimate of drug-likeness (QED) is 0.621. The van der Waals surface area contributed by atoms with E-state index in [2.05, 4.69) is 4.98 Å². The van der Waals surface area contributed by atoms with Gasteiger partial charge < -0.3 is 9.30 Å². The molecule has 0 aliphatic heterocycles. The molecule has 3 rings (SSSR count). The topological polar surface area (TPSA) is 61.2 Å². The van der Waals surface area contributed by atoms with Gasteiger partial charge in [-0.1, -0.05) is 30.9 Å². The average molecular weight is 353 g/mol. The number of pyridine rings is 2. The summed E-state index contributed by atoms with van der Waals surface area (Å²) in [4.78, 5) is 28.8. The van der Waals surface area contributed by atoms with Crippen LogP contribution < -0.4 is 5.43 Å². The van der Waals surface area contributed by atoms with Crippen LogP contribution in [0, 0.1) is 5.82 Å². The molecule has 1 saturated carbocycles. The minimum atomic E-state index is -0.780. The normalized spacial score (nSPS) is 15.6. The number of nitrogens with zero attached hydrogens (tertiary/aromatic N) is 2. The Morgan fingerprint density at radius 1 is 1.42 bits per heavy atom. The average Bonchev–Trinajstić information content (AvgIpc) is 2.58. The van der Waals surface area contributed by atoms with Crippen LogP contribution in [0.5, 0.6) is 0 Å². The maximum absolute atomic E-state index is 13.8. The molecule has 128 valence electrons. The lowest BCUT2D eigenvalue weighted by atomic mass is 9.95. The zero-order valence-corrected chi connectivity index (χ0v) is 14.1. The molecule has 1 aliphatic carbocycles. The zero-order valence-electron chi connectivity index (χ0n) is 13.3. The first kappa shape index (κ1) is 16.9.